The van der Waals surface area contributed by atoms with Crippen molar-refractivity contribution in [1.29, 1.82) is 0 Å². The fraction of sp³-hybridized carbons (Fsp3) is 0.621. The maximum absolute atomic E-state index is 12.2. The summed E-state index contributed by atoms with van der Waals surface area (Å²) in [5.74, 6) is 2.80. The summed E-state index contributed by atoms with van der Waals surface area (Å²) in [6.07, 6.45) is 13.3. The second-order valence-electron chi connectivity index (χ2n) is 22.5. The van der Waals surface area contributed by atoms with Crippen molar-refractivity contribution < 1.29 is 28.9 Å². The fourth-order valence-electron chi connectivity index (χ4n) is 11.5. The molecule has 0 atom stereocenters. The number of ether oxygens (including phenoxy) is 3. The van der Waals surface area contributed by atoms with Gasteiger partial charge in [-0.25, -0.2) is 0 Å². The third kappa shape index (κ3) is 12.5. The van der Waals surface area contributed by atoms with Gasteiger partial charge in [0.05, 0.1) is 30.7 Å². The molecule has 8 rings (SSSR count). The average molecular weight is 903 g/mol. The number of esters is 1. The van der Waals surface area contributed by atoms with Crippen LogP contribution in [0.4, 0.5) is 0 Å². The molecule has 2 heterocycles. The Morgan fingerprint density at radius 2 is 0.924 bits per heavy atom. The molecule has 4 aromatic rings. The van der Waals surface area contributed by atoms with Gasteiger partial charge >= 0.3 is 11.9 Å². The van der Waals surface area contributed by atoms with E-state index < -0.39 is 5.97 Å². The van der Waals surface area contributed by atoms with Gasteiger partial charge in [0.1, 0.15) is 11.5 Å². The van der Waals surface area contributed by atoms with Gasteiger partial charge in [-0.05, 0) is 191 Å². The fourth-order valence-corrected chi connectivity index (χ4v) is 11.5. The van der Waals surface area contributed by atoms with Crippen LogP contribution >= 0.6 is 0 Å². The third-order valence-electron chi connectivity index (χ3n) is 15.9. The first-order valence-corrected chi connectivity index (χ1v) is 25.7. The molecule has 4 aromatic carbocycles. The second kappa shape index (κ2) is 21.9. The Balaban J connectivity index is 0.000000197. The van der Waals surface area contributed by atoms with Crippen molar-refractivity contribution in [2.75, 3.05) is 32.8 Å². The molecule has 0 bridgehead atoms. The molecule has 4 aliphatic rings. The van der Waals surface area contributed by atoms with Gasteiger partial charge in [-0.2, -0.15) is 0 Å². The number of hydrogen-bond donors (Lipinski definition) is 1. The lowest BCUT2D eigenvalue weighted by atomic mass is 9.72. The maximum Gasteiger partial charge on any atom is 0.309 e. The molecular formula is C58H82N2O6. The van der Waals surface area contributed by atoms with Crippen LogP contribution in [0.5, 0.6) is 11.5 Å². The summed E-state index contributed by atoms with van der Waals surface area (Å²) in [5.41, 5.74) is 5.85. The Labute approximate surface area is 397 Å². The maximum atomic E-state index is 12.2. The van der Waals surface area contributed by atoms with Crippen molar-refractivity contribution in [2.45, 2.75) is 165 Å². The van der Waals surface area contributed by atoms with E-state index in [1.807, 2.05) is 6.92 Å². The average Bonchev–Trinajstić information content (AvgIpc) is 3.29. The van der Waals surface area contributed by atoms with E-state index in [9.17, 15) is 14.7 Å². The highest BCUT2D eigenvalue weighted by Crippen LogP contribution is 2.42. The molecule has 0 unspecified atom stereocenters. The van der Waals surface area contributed by atoms with Gasteiger partial charge in [-0.1, -0.05) is 90.1 Å². The lowest BCUT2D eigenvalue weighted by molar-refractivity contribution is -0.149. The van der Waals surface area contributed by atoms with Crippen LogP contribution in [0.25, 0.3) is 21.5 Å². The Hall–Kier alpha value is -4.14. The number of piperidine rings is 2. The summed E-state index contributed by atoms with van der Waals surface area (Å²) in [5, 5.41) is 14.5. The molecule has 0 aromatic heterocycles. The van der Waals surface area contributed by atoms with Crippen molar-refractivity contribution in [3.63, 3.8) is 0 Å². The highest BCUT2D eigenvalue weighted by Gasteiger charge is 2.34. The van der Waals surface area contributed by atoms with E-state index in [-0.39, 0.29) is 23.9 Å². The smallest absolute Gasteiger partial charge is 0.309 e. The monoisotopic (exact) mass is 903 g/mol. The molecule has 2 saturated carbocycles. The summed E-state index contributed by atoms with van der Waals surface area (Å²) in [4.78, 5) is 28.4. The number of carboxylic acids is 1. The molecule has 0 spiro atoms. The Morgan fingerprint density at radius 3 is 1.27 bits per heavy atom. The SMILES string of the molecule is CCOC(=O)C1CCN(Cc2c(OC3CCC(C(C)(C)C)CC3)cc(C)c3ccccc23)CC1.Cc1cc(OC2CCC(C(C)(C)C)CC2)c(CN2CCC(C(=O)O)CC2)c2ccccc12. The first-order valence-electron chi connectivity index (χ1n) is 25.7. The quantitative estimate of drug-likeness (QED) is 0.149. The highest BCUT2D eigenvalue weighted by atomic mass is 16.5. The number of fused-ring (bicyclic) bond motifs is 2. The first kappa shape index (κ1) is 49.8. The summed E-state index contributed by atoms with van der Waals surface area (Å²) < 4.78 is 18.7. The van der Waals surface area contributed by atoms with Crippen LogP contribution in [0.3, 0.4) is 0 Å². The number of likely N-dealkylation sites (tertiary alicyclic amines) is 2. The molecular weight excluding hydrogens is 821 g/mol. The zero-order valence-electron chi connectivity index (χ0n) is 42.1. The van der Waals surface area contributed by atoms with Crippen molar-refractivity contribution in [3.05, 3.63) is 82.9 Å². The number of aliphatic carboxylic acids is 1. The minimum Gasteiger partial charge on any atom is -0.490 e. The molecule has 2 aliphatic heterocycles. The molecule has 2 aliphatic carbocycles. The van der Waals surface area contributed by atoms with E-state index in [2.05, 4.69) is 126 Å². The summed E-state index contributed by atoms with van der Waals surface area (Å²) in [7, 11) is 0. The minimum absolute atomic E-state index is 0.0298. The number of hydrogen-bond acceptors (Lipinski definition) is 7. The van der Waals surface area contributed by atoms with Crippen molar-refractivity contribution in [2.24, 2.45) is 34.5 Å². The Morgan fingerprint density at radius 1 is 0.561 bits per heavy atom. The number of nitrogens with zero attached hydrogens (tertiary/aromatic N) is 2. The summed E-state index contributed by atoms with van der Waals surface area (Å²) in [6.45, 7) is 26.1. The number of aryl methyl sites for hydroxylation is 2. The van der Waals surface area contributed by atoms with Crippen LogP contribution < -0.4 is 9.47 Å². The zero-order chi connectivity index (χ0) is 47.2. The van der Waals surface area contributed by atoms with Crippen molar-refractivity contribution in [1.82, 2.24) is 9.80 Å². The molecule has 0 amide bonds. The highest BCUT2D eigenvalue weighted by molar-refractivity contribution is 5.91. The van der Waals surface area contributed by atoms with Gasteiger partial charge in [0.25, 0.3) is 0 Å². The van der Waals surface area contributed by atoms with Gasteiger partial charge in [0.2, 0.25) is 0 Å². The van der Waals surface area contributed by atoms with Crippen molar-refractivity contribution >= 4 is 33.5 Å². The summed E-state index contributed by atoms with van der Waals surface area (Å²) >= 11 is 0. The third-order valence-corrected chi connectivity index (χ3v) is 15.9. The topological polar surface area (TPSA) is 88.5 Å². The molecule has 1 N–H and O–H groups in total. The standard InChI is InChI=1S/C30H43NO3.C28H39NO3/c1-6-33-29(32)22-15-17-31(18-16-22)20-27-26-10-8-7-9-25(26)21(2)19-28(27)34-24-13-11-23(12-14-24)30(3,4)5;1-19-17-26(32-22-11-9-21(10-12-22)28(2,3)4)25(24-8-6-5-7-23(19)24)18-29-15-13-20(14-16-29)27(30)31/h7-10,19,22-24H,6,11-18,20H2,1-5H3;5-8,17,20-22H,9-16,18H2,1-4H3,(H,30,31). The first-order chi connectivity index (χ1) is 31.5. The lowest BCUT2D eigenvalue weighted by Gasteiger charge is -2.37. The Kier molecular flexibility index (Phi) is 16.5. The van der Waals surface area contributed by atoms with Crippen molar-refractivity contribution in [3.8, 4) is 11.5 Å². The van der Waals surface area contributed by atoms with Gasteiger partial charge in [0.15, 0.2) is 0 Å². The predicted molar refractivity (Wildman–Crippen MR) is 269 cm³/mol. The predicted octanol–water partition coefficient (Wildman–Crippen LogP) is 13.3. The number of carbonyl (C=O) groups excluding carboxylic acids is 1. The largest absolute Gasteiger partial charge is 0.490 e. The van der Waals surface area contributed by atoms with Gasteiger partial charge < -0.3 is 19.3 Å². The van der Waals surface area contributed by atoms with Crippen LogP contribution in [-0.4, -0.2) is 71.8 Å². The zero-order valence-corrected chi connectivity index (χ0v) is 42.1. The molecule has 2 saturated heterocycles. The lowest BCUT2D eigenvalue weighted by Crippen LogP contribution is -2.36. The molecule has 8 heteroatoms. The van der Waals surface area contributed by atoms with Crippen LogP contribution in [0.15, 0.2) is 60.7 Å². The number of benzene rings is 4. The van der Waals surface area contributed by atoms with Gasteiger partial charge in [0, 0.05) is 24.2 Å². The normalized spacial score (nSPS) is 23.0. The molecule has 360 valence electrons. The number of rotatable bonds is 11. The van der Waals surface area contributed by atoms with Crippen LogP contribution in [0, 0.1) is 48.3 Å². The number of carboxylic acid groups (broad SMARTS) is 1. The van der Waals surface area contributed by atoms with E-state index in [4.69, 9.17) is 14.2 Å². The second-order valence-corrected chi connectivity index (χ2v) is 22.5. The Bertz CT molecular complexity index is 2240. The van der Waals surface area contributed by atoms with Crippen LogP contribution in [0.1, 0.15) is 148 Å². The molecule has 4 fully saturated rings. The van der Waals surface area contributed by atoms with Gasteiger partial charge in [-0.15, -0.1) is 0 Å². The molecule has 66 heavy (non-hydrogen) atoms. The van der Waals surface area contributed by atoms with Crippen LogP contribution in [0.2, 0.25) is 0 Å². The summed E-state index contributed by atoms with van der Waals surface area (Å²) in [6, 6.07) is 21.8. The molecule has 8 nitrogen and oxygen atoms in total. The van der Waals surface area contributed by atoms with E-state index in [1.165, 1.54) is 69.5 Å². The van der Waals surface area contributed by atoms with E-state index >= 15 is 0 Å². The van der Waals surface area contributed by atoms with E-state index in [0.29, 0.717) is 23.5 Å². The molecule has 0 radical (unpaired) electrons. The van der Waals surface area contributed by atoms with Crippen LogP contribution in [-0.2, 0) is 27.4 Å². The number of carbonyl (C=O) groups is 2. The minimum atomic E-state index is -0.652. The van der Waals surface area contributed by atoms with E-state index in [0.717, 1.165) is 114 Å². The van der Waals surface area contributed by atoms with E-state index in [1.54, 1.807) is 0 Å². The van der Waals surface area contributed by atoms with Gasteiger partial charge in [-0.3, -0.25) is 19.4 Å².